The van der Waals surface area contributed by atoms with Crippen molar-refractivity contribution in [1.82, 2.24) is 10.2 Å². The number of benzene rings is 2. The average molecular weight is 422 g/mol. The molecular formula is C26H35N3O2. The van der Waals surface area contributed by atoms with Crippen LogP contribution in [0.1, 0.15) is 79.4 Å². The Morgan fingerprint density at radius 3 is 2.06 bits per heavy atom. The predicted molar refractivity (Wildman–Crippen MR) is 127 cm³/mol. The molecule has 1 aliphatic carbocycles. The van der Waals surface area contributed by atoms with Crippen LogP contribution in [0.5, 0.6) is 0 Å². The first-order valence-electron chi connectivity index (χ1n) is 11.3. The quantitative estimate of drug-likeness (QED) is 0.606. The summed E-state index contributed by atoms with van der Waals surface area (Å²) < 4.78 is 0. The molecule has 5 heteroatoms. The second-order valence-electron chi connectivity index (χ2n) is 9.29. The summed E-state index contributed by atoms with van der Waals surface area (Å²) in [5.41, 5.74) is 5.05. The zero-order valence-electron chi connectivity index (χ0n) is 19.4. The Morgan fingerprint density at radius 1 is 0.968 bits per heavy atom. The van der Waals surface area contributed by atoms with Crippen molar-refractivity contribution in [2.75, 3.05) is 18.9 Å². The molecule has 31 heavy (non-hydrogen) atoms. The number of carbonyl (C=O) groups is 2. The molecule has 0 aromatic heterocycles. The highest BCUT2D eigenvalue weighted by Crippen LogP contribution is 2.32. The highest BCUT2D eigenvalue weighted by Gasteiger charge is 2.23. The summed E-state index contributed by atoms with van der Waals surface area (Å²) in [6.45, 7) is 9.53. The second-order valence-corrected chi connectivity index (χ2v) is 9.29. The second kappa shape index (κ2) is 10.1. The maximum Gasteiger partial charge on any atom is 0.251 e. The zero-order valence-corrected chi connectivity index (χ0v) is 19.4. The molecular weight excluding hydrogens is 386 g/mol. The van der Waals surface area contributed by atoms with Gasteiger partial charge in [-0.25, -0.2) is 0 Å². The SMILES string of the molecule is CC(C)c1cccc(C(C)C)c1NC(=O)CN(C)Cc1ccc(C(=O)NC2CC2)cc1. The third-order valence-electron chi connectivity index (χ3n) is 5.63. The molecule has 2 N–H and O–H groups in total. The van der Waals surface area contributed by atoms with Gasteiger partial charge in [-0.1, -0.05) is 58.0 Å². The Bertz CT molecular complexity index is 888. The van der Waals surface area contributed by atoms with Crippen molar-refractivity contribution in [1.29, 1.82) is 0 Å². The van der Waals surface area contributed by atoms with Crippen LogP contribution in [-0.2, 0) is 11.3 Å². The van der Waals surface area contributed by atoms with E-state index in [1.165, 1.54) is 11.1 Å². The van der Waals surface area contributed by atoms with Crippen LogP contribution in [-0.4, -0.2) is 36.3 Å². The molecule has 166 valence electrons. The van der Waals surface area contributed by atoms with Gasteiger partial charge in [-0.3, -0.25) is 14.5 Å². The molecule has 2 aromatic carbocycles. The lowest BCUT2D eigenvalue weighted by Crippen LogP contribution is -2.30. The molecule has 0 heterocycles. The molecule has 0 radical (unpaired) electrons. The van der Waals surface area contributed by atoms with Gasteiger partial charge in [0.25, 0.3) is 5.91 Å². The van der Waals surface area contributed by atoms with Crippen LogP contribution < -0.4 is 10.6 Å². The molecule has 1 aliphatic rings. The lowest BCUT2D eigenvalue weighted by atomic mass is 9.92. The van der Waals surface area contributed by atoms with Gasteiger partial charge in [0.2, 0.25) is 5.91 Å². The first kappa shape index (κ1) is 23.0. The molecule has 5 nitrogen and oxygen atoms in total. The van der Waals surface area contributed by atoms with Gasteiger partial charge in [-0.05, 0) is 60.5 Å². The summed E-state index contributed by atoms with van der Waals surface area (Å²) in [6, 6.07) is 14.2. The number of rotatable bonds is 9. The van der Waals surface area contributed by atoms with Crippen LogP contribution in [0, 0.1) is 0 Å². The summed E-state index contributed by atoms with van der Waals surface area (Å²) in [6.07, 6.45) is 2.16. The van der Waals surface area contributed by atoms with Gasteiger partial charge in [0.15, 0.2) is 0 Å². The van der Waals surface area contributed by atoms with Crippen molar-refractivity contribution in [3.05, 3.63) is 64.7 Å². The summed E-state index contributed by atoms with van der Waals surface area (Å²) in [7, 11) is 1.94. The van der Waals surface area contributed by atoms with Crippen molar-refractivity contribution in [3.63, 3.8) is 0 Å². The van der Waals surface area contributed by atoms with Gasteiger partial charge in [-0.2, -0.15) is 0 Å². The average Bonchev–Trinajstić information content (AvgIpc) is 3.52. The maximum absolute atomic E-state index is 12.8. The molecule has 2 aromatic rings. The van der Waals surface area contributed by atoms with E-state index in [1.807, 2.05) is 36.2 Å². The molecule has 0 aliphatic heterocycles. The first-order valence-corrected chi connectivity index (χ1v) is 11.3. The van der Waals surface area contributed by atoms with Crippen LogP contribution in [0.15, 0.2) is 42.5 Å². The first-order chi connectivity index (χ1) is 14.7. The number of likely N-dealkylation sites (N-methyl/N-ethyl adjacent to an activating group) is 1. The van der Waals surface area contributed by atoms with Crippen LogP contribution in [0.3, 0.4) is 0 Å². The predicted octanol–water partition coefficient (Wildman–Crippen LogP) is 4.90. The fourth-order valence-corrected chi connectivity index (χ4v) is 3.74. The van der Waals surface area contributed by atoms with Crippen molar-refractivity contribution < 1.29 is 9.59 Å². The molecule has 2 amide bonds. The maximum atomic E-state index is 12.8. The zero-order chi connectivity index (χ0) is 22.5. The van der Waals surface area contributed by atoms with Crippen LogP contribution in [0.2, 0.25) is 0 Å². The number of nitrogens with one attached hydrogen (secondary N) is 2. The minimum atomic E-state index is -0.0158. The standard InChI is InChI=1S/C26H35N3O2/c1-17(2)22-7-6-8-23(18(3)4)25(22)28-24(30)16-29(5)15-19-9-11-20(12-10-19)26(31)27-21-13-14-21/h6-12,17-18,21H,13-16H2,1-5H3,(H,27,31)(H,28,30). The lowest BCUT2D eigenvalue weighted by Gasteiger charge is -2.22. The van der Waals surface area contributed by atoms with Gasteiger partial charge >= 0.3 is 0 Å². The highest BCUT2D eigenvalue weighted by molar-refractivity contribution is 5.95. The number of hydrogen-bond donors (Lipinski definition) is 2. The minimum Gasteiger partial charge on any atom is -0.349 e. The Morgan fingerprint density at radius 2 is 1.55 bits per heavy atom. The van der Waals surface area contributed by atoms with Crippen LogP contribution in [0.4, 0.5) is 5.69 Å². The number of nitrogens with zero attached hydrogens (tertiary/aromatic N) is 1. The molecule has 0 spiro atoms. The van der Waals surface area contributed by atoms with Crippen LogP contribution >= 0.6 is 0 Å². The Labute approximate surface area is 186 Å². The van der Waals surface area contributed by atoms with E-state index >= 15 is 0 Å². The van der Waals surface area contributed by atoms with E-state index in [-0.39, 0.29) is 11.8 Å². The van der Waals surface area contributed by atoms with E-state index in [9.17, 15) is 9.59 Å². The topological polar surface area (TPSA) is 61.4 Å². The number of carbonyl (C=O) groups excluding carboxylic acids is 2. The Hall–Kier alpha value is -2.66. The molecule has 0 saturated heterocycles. The molecule has 1 fully saturated rings. The number of amides is 2. The van der Waals surface area contributed by atoms with Crippen molar-refractivity contribution >= 4 is 17.5 Å². The summed E-state index contributed by atoms with van der Waals surface area (Å²) >= 11 is 0. The van der Waals surface area contributed by atoms with Gasteiger partial charge < -0.3 is 10.6 Å². The van der Waals surface area contributed by atoms with E-state index in [0.29, 0.717) is 36.5 Å². The molecule has 0 bridgehead atoms. The molecule has 0 atom stereocenters. The van der Waals surface area contributed by atoms with E-state index in [1.54, 1.807) is 0 Å². The number of hydrogen-bond acceptors (Lipinski definition) is 3. The Kier molecular flexibility index (Phi) is 7.50. The largest absolute Gasteiger partial charge is 0.349 e. The summed E-state index contributed by atoms with van der Waals surface area (Å²) in [4.78, 5) is 26.9. The fourth-order valence-electron chi connectivity index (χ4n) is 3.74. The molecule has 3 rings (SSSR count). The van der Waals surface area contributed by atoms with E-state index in [0.717, 1.165) is 24.1 Å². The van der Waals surface area contributed by atoms with E-state index in [2.05, 4.69) is 56.5 Å². The molecule has 1 saturated carbocycles. The van der Waals surface area contributed by atoms with Gasteiger partial charge in [0.1, 0.15) is 0 Å². The summed E-state index contributed by atoms with van der Waals surface area (Å²) in [5.74, 6) is 0.647. The lowest BCUT2D eigenvalue weighted by molar-refractivity contribution is -0.117. The smallest absolute Gasteiger partial charge is 0.251 e. The van der Waals surface area contributed by atoms with Crippen molar-refractivity contribution in [3.8, 4) is 0 Å². The number of anilines is 1. The minimum absolute atomic E-state index is 0.00782. The summed E-state index contributed by atoms with van der Waals surface area (Å²) in [5, 5.41) is 6.18. The third-order valence-corrected chi connectivity index (χ3v) is 5.63. The third kappa shape index (κ3) is 6.41. The van der Waals surface area contributed by atoms with E-state index < -0.39 is 0 Å². The van der Waals surface area contributed by atoms with Gasteiger partial charge in [0, 0.05) is 23.8 Å². The van der Waals surface area contributed by atoms with Crippen molar-refractivity contribution in [2.24, 2.45) is 0 Å². The van der Waals surface area contributed by atoms with Crippen molar-refractivity contribution in [2.45, 2.75) is 65.0 Å². The highest BCUT2D eigenvalue weighted by atomic mass is 16.2. The van der Waals surface area contributed by atoms with E-state index in [4.69, 9.17) is 0 Å². The number of para-hydroxylation sites is 1. The van der Waals surface area contributed by atoms with Crippen LogP contribution in [0.25, 0.3) is 0 Å². The Balaban J connectivity index is 1.59. The fraction of sp³-hybridized carbons (Fsp3) is 0.462. The monoisotopic (exact) mass is 421 g/mol. The molecule has 0 unspecified atom stereocenters. The van der Waals surface area contributed by atoms with Gasteiger partial charge in [0.05, 0.1) is 6.54 Å². The normalized spacial score (nSPS) is 13.7. The van der Waals surface area contributed by atoms with Gasteiger partial charge in [-0.15, -0.1) is 0 Å².